The molecule has 1 fully saturated rings. The number of hydrogen-bond donors (Lipinski definition) is 1. The van der Waals surface area contributed by atoms with Crippen molar-refractivity contribution in [3.05, 3.63) is 63.2 Å². The Morgan fingerprint density at radius 2 is 1.91 bits per heavy atom. The van der Waals surface area contributed by atoms with Gasteiger partial charge < -0.3 is 9.88 Å². The van der Waals surface area contributed by atoms with Crippen LogP contribution in [0.25, 0.3) is 10.8 Å². The van der Waals surface area contributed by atoms with E-state index in [0.717, 1.165) is 16.5 Å². The lowest BCUT2D eigenvalue weighted by atomic mass is 9.98. The number of pyridine rings is 1. The Morgan fingerprint density at radius 3 is 2.59 bits per heavy atom. The first kappa shape index (κ1) is 22.0. The summed E-state index contributed by atoms with van der Waals surface area (Å²) in [6.45, 7) is 5.71. The Labute approximate surface area is 186 Å². The van der Waals surface area contributed by atoms with E-state index >= 15 is 0 Å². The third-order valence-corrected chi connectivity index (χ3v) is 7.97. The molecule has 1 atom stereocenters. The lowest BCUT2D eigenvalue weighted by Gasteiger charge is -2.25. The Hall–Kier alpha value is -3.25. The summed E-state index contributed by atoms with van der Waals surface area (Å²) >= 11 is 0. The van der Waals surface area contributed by atoms with Gasteiger partial charge in [-0.1, -0.05) is 12.1 Å². The number of aryl methyl sites for hydroxylation is 1. The minimum Gasteiger partial charge on any atom is -0.361 e. The van der Waals surface area contributed by atoms with Gasteiger partial charge in [-0.25, -0.2) is 8.42 Å². The van der Waals surface area contributed by atoms with Gasteiger partial charge in [0.05, 0.1) is 34.9 Å². The molecule has 0 unspecified atom stereocenters. The average molecular weight is 452 g/mol. The molecule has 0 aliphatic carbocycles. The van der Waals surface area contributed by atoms with Crippen molar-refractivity contribution in [2.24, 2.45) is 0 Å². The third-order valence-electron chi connectivity index (χ3n) is 6.26. The van der Waals surface area contributed by atoms with Crippen LogP contribution in [0, 0.1) is 25.2 Å². The lowest BCUT2D eigenvalue weighted by Crippen LogP contribution is -2.31. The molecular weight excluding hydrogens is 426 g/mol. The van der Waals surface area contributed by atoms with Gasteiger partial charge in [-0.3, -0.25) is 4.79 Å². The maximum absolute atomic E-state index is 12.8. The van der Waals surface area contributed by atoms with Crippen LogP contribution < -0.4 is 10.9 Å². The van der Waals surface area contributed by atoms with Crippen LogP contribution in [0.5, 0.6) is 0 Å². The van der Waals surface area contributed by atoms with Crippen molar-refractivity contribution in [3.63, 3.8) is 0 Å². The van der Waals surface area contributed by atoms with E-state index < -0.39 is 9.84 Å². The molecule has 0 saturated carbocycles. The predicted octanol–water partition coefficient (Wildman–Crippen LogP) is 3.20. The third kappa shape index (κ3) is 4.10. The van der Waals surface area contributed by atoms with Crippen molar-refractivity contribution in [2.45, 2.75) is 45.7 Å². The van der Waals surface area contributed by atoms with Crippen LogP contribution in [0.1, 0.15) is 54.2 Å². The average Bonchev–Trinajstić information content (AvgIpc) is 2.76. The first-order chi connectivity index (χ1) is 15.2. The highest BCUT2D eigenvalue weighted by atomic mass is 32.2. The first-order valence-electron chi connectivity index (χ1n) is 10.6. The van der Waals surface area contributed by atoms with Gasteiger partial charge in [-0.05, 0) is 50.8 Å². The largest absolute Gasteiger partial charge is 0.361 e. The van der Waals surface area contributed by atoms with Crippen molar-refractivity contribution in [1.82, 2.24) is 14.8 Å². The fourth-order valence-corrected chi connectivity index (χ4v) is 5.81. The second-order valence-electron chi connectivity index (χ2n) is 8.36. The van der Waals surface area contributed by atoms with Gasteiger partial charge in [-0.2, -0.15) is 10.4 Å². The van der Waals surface area contributed by atoms with Gasteiger partial charge in [-0.15, -0.1) is 5.10 Å². The van der Waals surface area contributed by atoms with Crippen LogP contribution in [-0.2, 0) is 9.84 Å². The number of aromatic nitrogens is 3. The molecule has 0 amide bonds. The number of nitrogens with zero attached hydrogens (tertiary/aromatic N) is 4. The zero-order valence-corrected chi connectivity index (χ0v) is 19.1. The maximum atomic E-state index is 12.8. The van der Waals surface area contributed by atoms with E-state index in [1.54, 1.807) is 29.8 Å². The first-order valence-corrected chi connectivity index (χ1v) is 12.4. The lowest BCUT2D eigenvalue weighted by molar-refractivity contribution is 0.440. The fourth-order valence-electron chi connectivity index (χ4n) is 4.34. The highest BCUT2D eigenvalue weighted by molar-refractivity contribution is 7.91. The Morgan fingerprint density at radius 1 is 1.19 bits per heavy atom. The van der Waals surface area contributed by atoms with E-state index in [9.17, 15) is 18.5 Å². The number of nitriles is 1. The normalized spacial score (nSPS) is 17.1. The Bertz CT molecular complexity index is 1390. The van der Waals surface area contributed by atoms with Crippen LogP contribution in [0.4, 0.5) is 5.82 Å². The van der Waals surface area contributed by atoms with E-state index in [0.29, 0.717) is 35.3 Å². The number of benzene rings is 1. The summed E-state index contributed by atoms with van der Waals surface area (Å²) in [6, 6.07) is 9.06. The molecule has 1 N–H and O–H groups in total. The van der Waals surface area contributed by atoms with Crippen LogP contribution in [-0.4, -0.2) is 34.7 Å². The summed E-state index contributed by atoms with van der Waals surface area (Å²) in [5, 5.41) is 22.8. The SMILES string of the molecule is Cc1c(C#N)cccc1[C@@H](C)Nc1nnc(C)c2cc(=O)n(C3CCS(=O)(=O)CC3)cc12. The van der Waals surface area contributed by atoms with Crippen molar-refractivity contribution in [3.8, 4) is 6.07 Å². The molecule has 3 aromatic rings. The molecule has 32 heavy (non-hydrogen) atoms. The second kappa shape index (κ2) is 8.36. The van der Waals surface area contributed by atoms with E-state index in [1.165, 1.54) is 0 Å². The standard InChI is InChI=1S/C23H25N5O3S/c1-14-17(12-24)5-4-6-19(14)15(2)25-23-21-13-28(18-7-9-32(30,31)10-8-18)22(29)11-20(21)16(3)26-27-23/h4-6,11,13,15,18H,7-10H2,1-3H3,(H,25,27)/t15-/m1/s1. The van der Waals surface area contributed by atoms with Gasteiger partial charge in [0.2, 0.25) is 0 Å². The van der Waals surface area contributed by atoms with Gasteiger partial charge in [0, 0.05) is 29.1 Å². The number of nitrogens with one attached hydrogen (secondary N) is 1. The van der Waals surface area contributed by atoms with Crippen molar-refractivity contribution >= 4 is 26.4 Å². The molecule has 8 nitrogen and oxygen atoms in total. The maximum Gasteiger partial charge on any atom is 0.251 e. The van der Waals surface area contributed by atoms with Gasteiger partial charge in [0.25, 0.3) is 5.56 Å². The topological polar surface area (TPSA) is 118 Å². The Kier molecular flexibility index (Phi) is 5.73. The number of rotatable bonds is 4. The zero-order chi connectivity index (χ0) is 23.0. The molecule has 1 aromatic carbocycles. The number of fused-ring (bicyclic) bond motifs is 1. The van der Waals surface area contributed by atoms with E-state index in [-0.39, 0.29) is 29.1 Å². The second-order valence-corrected chi connectivity index (χ2v) is 10.7. The molecule has 9 heteroatoms. The fraction of sp³-hybridized carbons (Fsp3) is 0.391. The minimum atomic E-state index is -3.02. The van der Waals surface area contributed by atoms with Crippen molar-refractivity contribution in [1.29, 1.82) is 5.26 Å². The highest BCUT2D eigenvalue weighted by Gasteiger charge is 2.26. The van der Waals surface area contributed by atoms with E-state index in [1.807, 2.05) is 26.0 Å². The molecule has 0 radical (unpaired) electrons. The van der Waals surface area contributed by atoms with Crippen molar-refractivity contribution in [2.75, 3.05) is 16.8 Å². The van der Waals surface area contributed by atoms with Gasteiger partial charge >= 0.3 is 0 Å². The molecule has 0 spiro atoms. The summed E-state index contributed by atoms with van der Waals surface area (Å²) in [7, 11) is -3.02. The highest BCUT2D eigenvalue weighted by Crippen LogP contribution is 2.29. The van der Waals surface area contributed by atoms with Gasteiger partial charge in [0.15, 0.2) is 5.82 Å². The summed E-state index contributed by atoms with van der Waals surface area (Å²) in [5.41, 5.74) is 2.98. The van der Waals surface area contributed by atoms with Crippen LogP contribution in [0.2, 0.25) is 0 Å². The smallest absolute Gasteiger partial charge is 0.251 e. The number of anilines is 1. The minimum absolute atomic E-state index is 0.0897. The molecule has 166 valence electrons. The molecule has 1 aliphatic rings. The molecular formula is C23H25N5O3S. The monoisotopic (exact) mass is 451 g/mol. The van der Waals surface area contributed by atoms with Gasteiger partial charge in [0.1, 0.15) is 9.84 Å². The molecule has 4 rings (SSSR count). The summed E-state index contributed by atoms with van der Waals surface area (Å²) < 4.78 is 25.3. The van der Waals surface area contributed by atoms with E-state index in [4.69, 9.17) is 0 Å². The summed E-state index contributed by atoms with van der Waals surface area (Å²) in [6.07, 6.45) is 2.62. The van der Waals surface area contributed by atoms with Crippen LogP contribution in [0.15, 0.2) is 35.3 Å². The summed E-state index contributed by atoms with van der Waals surface area (Å²) in [4.78, 5) is 12.8. The zero-order valence-electron chi connectivity index (χ0n) is 18.3. The molecule has 1 saturated heterocycles. The molecule has 3 heterocycles. The number of sulfone groups is 1. The van der Waals surface area contributed by atoms with Crippen molar-refractivity contribution < 1.29 is 8.42 Å². The molecule has 1 aliphatic heterocycles. The Balaban J connectivity index is 1.75. The number of hydrogen-bond acceptors (Lipinski definition) is 7. The van der Waals surface area contributed by atoms with E-state index in [2.05, 4.69) is 21.6 Å². The van der Waals surface area contributed by atoms with Crippen LogP contribution in [0.3, 0.4) is 0 Å². The quantitative estimate of drug-likeness (QED) is 0.647. The molecule has 2 aromatic heterocycles. The molecule has 0 bridgehead atoms. The summed E-state index contributed by atoms with van der Waals surface area (Å²) in [5.74, 6) is 0.718. The predicted molar refractivity (Wildman–Crippen MR) is 123 cm³/mol. The van der Waals surface area contributed by atoms with Crippen LogP contribution >= 0.6 is 0 Å².